The lowest BCUT2D eigenvalue weighted by atomic mass is 10.1. The second-order valence-corrected chi connectivity index (χ2v) is 7.38. The van der Waals surface area contributed by atoms with Gasteiger partial charge in [-0.25, -0.2) is 4.99 Å². The summed E-state index contributed by atoms with van der Waals surface area (Å²) in [6, 6.07) is 15.9. The van der Waals surface area contributed by atoms with Crippen LogP contribution in [0.15, 0.2) is 53.5 Å². The number of aryl methyl sites for hydroxylation is 2. The summed E-state index contributed by atoms with van der Waals surface area (Å²) in [6.45, 7) is 6.96. The summed E-state index contributed by atoms with van der Waals surface area (Å²) >= 11 is 1.47. The summed E-state index contributed by atoms with van der Waals surface area (Å²) in [5.74, 6) is 0.294. The van der Waals surface area contributed by atoms with Crippen molar-refractivity contribution in [3.05, 3.63) is 59.7 Å². The van der Waals surface area contributed by atoms with Crippen LogP contribution in [0.5, 0.6) is 0 Å². The molecule has 0 saturated carbocycles. The van der Waals surface area contributed by atoms with Crippen LogP contribution in [-0.2, 0) is 9.53 Å². The third-order valence-corrected chi connectivity index (χ3v) is 5.35. The van der Waals surface area contributed by atoms with Gasteiger partial charge >= 0.3 is 0 Å². The number of hydrogen-bond acceptors (Lipinski definition) is 4. The number of para-hydroxylation sites is 2. The second-order valence-electron chi connectivity index (χ2n) is 6.43. The third-order valence-electron chi connectivity index (χ3n) is 4.34. The Bertz CT molecular complexity index is 782. The summed E-state index contributed by atoms with van der Waals surface area (Å²) in [7, 11) is 0. The van der Waals surface area contributed by atoms with Crippen LogP contribution in [-0.4, -0.2) is 48.0 Å². The number of amidine groups is 1. The Morgan fingerprint density at radius 2 is 1.74 bits per heavy atom. The topological polar surface area (TPSA) is 53.9 Å². The number of morpholine rings is 1. The van der Waals surface area contributed by atoms with Crippen LogP contribution in [0.2, 0.25) is 0 Å². The van der Waals surface area contributed by atoms with Crippen molar-refractivity contribution in [3.63, 3.8) is 0 Å². The zero-order chi connectivity index (χ0) is 19.1. The van der Waals surface area contributed by atoms with Crippen LogP contribution in [0.3, 0.4) is 0 Å². The van der Waals surface area contributed by atoms with Gasteiger partial charge < -0.3 is 15.0 Å². The molecule has 1 N–H and O–H groups in total. The number of anilines is 1. The third kappa shape index (κ3) is 5.58. The average Bonchev–Trinajstić information content (AvgIpc) is 2.69. The summed E-state index contributed by atoms with van der Waals surface area (Å²) in [5.41, 5.74) is 3.93. The number of ether oxygens (including phenoxy) is 1. The smallest absolute Gasteiger partial charge is 0.234 e. The Balaban J connectivity index is 1.68. The summed E-state index contributed by atoms with van der Waals surface area (Å²) < 4.78 is 5.45. The van der Waals surface area contributed by atoms with Gasteiger partial charge in [0, 0.05) is 18.8 Å². The number of aliphatic imine (C=N–C) groups is 1. The van der Waals surface area contributed by atoms with Crippen molar-refractivity contribution in [2.45, 2.75) is 13.8 Å². The highest BCUT2D eigenvalue weighted by atomic mass is 32.2. The van der Waals surface area contributed by atoms with Crippen LogP contribution in [0.25, 0.3) is 0 Å². The first-order valence-corrected chi connectivity index (χ1v) is 10.1. The maximum absolute atomic E-state index is 12.5. The number of thioether (sulfide) groups is 1. The first-order valence-electron chi connectivity index (χ1n) is 9.09. The fourth-order valence-corrected chi connectivity index (χ4v) is 3.75. The lowest BCUT2D eigenvalue weighted by Crippen LogP contribution is -2.39. The zero-order valence-corrected chi connectivity index (χ0v) is 16.6. The summed E-state index contributed by atoms with van der Waals surface area (Å²) in [4.78, 5) is 19.5. The van der Waals surface area contributed by atoms with E-state index in [1.807, 2.05) is 62.4 Å². The molecule has 3 rings (SSSR count). The molecule has 2 aromatic carbocycles. The number of rotatable bonds is 4. The van der Waals surface area contributed by atoms with Gasteiger partial charge in [-0.1, -0.05) is 48.2 Å². The van der Waals surface area contributed by atoms with E-state index in [1.54, 1.807) is 0 Å². The highest BCUT2D eigenvalue weighted by Gasteiger charge is 2.18. The van der Waals surface area contributed by atoms with E-state index >= 15 is 0 Å². The number of benzene rings is 2. The van der Waals surface area contributed by atoms with Gasteiger partial charge in [0.25, 0.3) is 0 Å². The molecule has 0 unspecified atom stereocenters. The maximum Gasteiger partial charge on any atom is 0.234 e. The predicted octanol–water partition coefficient (Wildman–Crippen LogP) is 4.00. The molecule has 0 spiro atoms. The van der Waals surface area contributed by atoms with Crippen LogP contribution >= 0.6 is 11.8 Å². The van der Waals surface area contributed by atoms with Crippen molar-refractivity contribution in [2.24, 2.45) is 4.99 Å². The van der Waals surface area contributed by atoms with E-state index in [4.69, 9.17) is 9.73 Å². The summed E-state index contributed by atoms with van der Waals surface area (Å²) in [5, 5.41) is 3.90. The molecule has 1 amide bonds. The van der Waals surface area contributed by atoms with Crippen molar-refractivity contribution in [2.75, 3.05) is 37.4 Å². The molecule has 1 aliphatic rings. The Morgan fingerprint density at radius 3 is 2.41 bits per heavy atom. The average molecular weight is 384 g/mol. The quantitative estimate of drug-likeness (QED) is 0.641. The Morgan fingerprint density at radius 1 is 1.07 bits per heavy atom. The molecule has 0 radical (unpaired) electrons. The number of carbonyl (C=O) groups excluding carboxylic acids is 1. The van der Waals surface area contributed by atoms with Crippen molar-refractivity contribution < 1.29 is 9.53 Å². The van der Waals surface area contributed by atoms with E-state index in [2.05, 4.69) is 10.2 Å². The van der Waals surface area contributed by atoms with Gasteiger partial charge in [-0.3, -0.25) is 4.79 Å². The van der Waals surface area contributed by atoms with E-state index in [0.717, 1.165) is 40.8 Å². The van der Waals surface area contributed by atoms with E-state index in [0.29, 0.717) is 19.0 Å². The van der Waals surface area contributed by atoms with E-state index in [9.17, 15) is 4.79 Å². The Labute approximate surface area is 164 Å². The molecule has 27 heavy (non-hydrogen) atoms. The second kappa shape index (κ2) is 9.58. The van der Waals surface area contributed by atoms with E-state index in [1.165, 1.54) is 11.8 Å². The fourth-order valence-electron chi connectivity index (χ4n) is 2.88. The van der Waals surface area contributed by atoms with Crippen LogP contribution in [0.4, 0.5) is 11.4 Å². The number of nitrogens with zero attached hydrogens (tertiary/aromatic N) is 2. The minimum Gasteiger partial charge on any atom is -0.378 e. The molecule has 1 heterocycles. The van der Waals surface area contributed by atoms with Crippen molar-refractivity contribution in [1.82, 2.24) is 4.90 Å². The Hall–Kier alpha value is -2.31. The largest absolute Gasteiger partial charge is 0.378 e. The normalized spacial score (nSPS) is 14.9. The van der Waals surface area contributed by atoms with Gasteiger partial charge in [-0.15, -0.1) is 0 Å². The monoisotopic (exact) mass is 383 g/mol. The van der Waals surface area contributed by atoms with Crippen molar-refractivity contribution >= 4 is 34.2 Å². The lowest BCUT2D eigenvalue weighted by molar-refractivity contribution is -0.113. The standard InChI is InChI=1S/C21H25N3O2S/c1-16-7-6-8-17(2)20(16)23-19(25)15-27-21(24-11-13-26-14-12-24)22-18-9-4-3-5-10-18/h3-10H,11-15H2,1-2H3,(H,23,25). The molecule has 1 fully saturated rings. The molecule has 0 aromatic heterocycles. The molecule has 142 valence electrons. The maximum atomic E-state index is 12.5. The van der Waals surface area contributed by atoms with Crippen molar-refractivity contribution in [3.8, 4) is 0 Å². The van der Waals surface area contributed by atoms with Crippen molar-refractivity contribution in [1.29, 1.82) is 0 Å². The molecule has 0 aliphatic carbocycles. The van der Waals surface area contributed by atoms with Gasteiger partial charge in [0.2, 0.25) is 5.91 Å². The van der Waals surface area contributed by atoms with Crippen LogP contribution in [0.1, 0.15) is 11.1 Å². The molecule has 0 bridgehead atoms. The first-order chi connectivity index (χ1) is 13.1. The predicted molar refractivity (Wildman–Crippen MR) is 113 cm³/mol. The SMILES string of the molecule is Cc1cccc(C)c1NC(=O)CSC(=Nc1ccccc1)N1CCOCC1. The molecule has 1 aliphatic heterocycles. The molecule has 6 heteroatoms. The molecule has 1 saturated heterocycles. The molecular formula is C21H25N3O2S. The minimum absolute atomic E-state index is 0.0218. The minimum atomic E-state index is -0.0218. The molecule has 5 nitrogen and oxygen atoms in total. The van der Waals surface area contributed by atoms with Gasteiger partial charge in [-0.2, -0.15) is 0 Å². The van der Waals surface area contributed by atoms with Gasteiger partial charge in [0.1, 0.15) is 0 Å². The number of carbonyl (C=O) groups is 1. The number of nitrogens with one attached hydrogen (secondary N) is 1. The molecule has 0 atom stereocenters. The number of hydrogen-bond donors (Lipinski definition) is 1. The first kappa shape index (κ1) is 19.5. The fraction of sp³-hybridized carbons (Fsp3) is 0.333. The van der Waals surface area contributed by atoms with Crippen LogP contribution < -0.4 is 5.32 Å². The Kier molecular flexibility index (Phi) is 6.90. The van der Waals surface area contributed by atoms with Gasteiger partial charge in [-0.05, 0) is 37.1 Å². The van der Waals surface area contributed by atoms with E-state index in [-0.39, 0.29) is 5.91 Å². The highest BCUT2D eigenvalue weighted by molar-refractivity contribution is 8.14. The lowest BCUT2D eigenvalue weighted by Gasteiger charge is -2.29. The zero-order valence-electron chi connectivity index (χ0n) is 15.8. The number of amides is 1. The highest BCUT2D eigenvalue weighted by Crippen LogP contribution is 2.21. The molecule has 2 aromatic rings. The van der Waals surface area contributed by atoms with E-state index < -0.39 is 0 Å². The van der Waals surface area contributed by atoms with Gasteiger partial charge in [0.15, 0.2) is 5.17 Å². The summed E-state index contributed by atoms with van der Waals surface area (Å²) in [6.07, 6.45) is 0. The molecular weight excluding hydrogens is 358 g/mol. The van der Waals surface area contributed by atoms with Crippen LogP contribution in [0, 0.1) is 13.8 Å². The van der Waals surface area contributed by atoms with Gasteiger partial charge in [0.05, 0.1) is 24.7 Å².